The van der Waals surface area contributed by atoms with Crippen molar-refractivity contribution in [2.24, 2.45) is 5.92 Å². The molecule has 0 bridgehead atoms. The van der Waals surface area contributed by atoms with E-state index in [0.717, 1.165) is 23.0 Å². The van der Waals surface area contributed by atoms with E-state index < -0.39 is 11.6 Å². The van der Waals surface area contributed by atoms with E-state index in [1.165, 1.54) is 33.1 Å². The van der Waals surface area contributed by atoms with Gasteiger partial charge >= 0.3 is 0 Å². The predicted molar refractivity (Wildman–Crippen MR) is 104 cm³/mol. The predicted octanol–water partition coefficient (Wildman–Crippen LogP) is 4.72. The number of hydrogen-bond acceptors (Lipinski definition) is 5. The number of methoxy groups -OCH3 is 2. The molecule has 4 rings (SSSR count). The largest absolute Gasteiger partial charge is 0.494 e. The Labute approximate surface area is 161 Å². The van der Waals surface area contributed by atoms with Gasteiger partial charge in [-0.2, -0.15) is 0 Å². The summed E-state index contributed by atoms with van der Waals surface area (Å²) in [4.78, 5) is 8.87. The van der Waals surface area contributed by atoms with Crippen molar-refractivity contribution in [1.29, 1.82) is 0 Å². The number of benzene rings is 1. The third-order valence-corrected chi connectivity index (χ3v) is 4.94. The first-order valence-corrected chi connectivity index (χ1v) is 9.13. The molecular formula is C21H21F2N3O2. The highest BCUT2D eigenvalue weighted by Crippen LogP contribution is 2.39. The van der Waals surface area contributed by atoms with Crippen LogP contribution in [0.1, 0.15) is 18.5 Å². The normalized spacial score (nSPS) is 13.6. The maximum Gasteiger partial charge on any atom is 0.177 e. The van der Waals surface area contributed by atoms with E-state index in [1.54, 1.807) is 12.3 Å². The van der Waals surface area contributed by atoms with Gasteiger partial charge in [0.25, 0.3) is 0 Å². The summed E-state index contributed by atoms with van der Waals surface area (Å²) in [5.74, 6) is -0.643. The SMILES string of the molecule is COc1cc(OC)c(F)c(-c2cc3cnc(C)cc3c(NCC3CC3)n2)c1F. The number of halogens is 2. The Bertz CT molecular complexity index is 1020. The van der Waals surface area contributed by atoms with Crippen LogP contribution in [0.4, 0.5) is 14.6 Å². The standard InChI is InChI=1S/C21H21F2N3O2/c1-11-6-14-13(10-24-11)7-15(26-21(14)25-9-12-4-5-12)18-19(22)16(27-2)8-17(28-3)20(18)23/h6-8,10,12H,4-5,9H2,1-3H3,(H,25,26). The highest BCUT2D eigenvalue weighted by Gasteiger charge is 2.25. The minimum absolute atomic E-state index is 0.107. The molecule has 5 nitrogen and oxygen atoms in total. The van der Waals surface area contributed by atoms with Crippen LogP contribution in [-0.2, 0) is 0 Å². The molecule has 0 radical (unpaired) electrons. The molecule has 0 aliphatic heterocycles. The second kappa shape index (κ2) is 7.22. The van der Waals surface area contributed by atoms with Crippen LogP contribution in [0, 0.1) is 24.5 Å². The fraction of sp³-hybridized carbons (Fsp3) is 0.333. The smallest absolute Gasteiger partial charge is 0.177 e. The summed E-state index contributed by atoms with van der Waals surface area (Å²) in [6, 6.07) is 4.73. The molecule has 1 N–H and O–H groups in total. The van der Waals surface area contributed by atoms with Gasteiger partial charge in [-0.1, -0.05) is 0 Å². The van der Waals surface area contributed by atoms with E-state index >= 15 is 0 Å². The lowest BCUT2D eigenvalue weighted by atomic mass is 10.0. The number of aromatic nitrogens is 2. The van der Waals surface area contributed by atoms with Gasteiger partial charge in [-0.3, -0.25) is 4.98 Å². The molecule has 1 aliphatic carbocycles. The van der Waals surface area contributed by atoms with Crippen LogP contribution in [0.2, 0.25) is 0 Å². The van der Waals surface area contributed by atoms with Crippen molar-refractivity contribution in [1.82, 2.24) is 9.97 Å². The minimum atomic E-state index is -0.819. The van der Waals surface area contributed by atoms with Gasteiger partial charge in [-0.15, -0.1) is 0 Å². The Morgan fingerprint density at radius 1 is 1.07 bits per heavy atom. The van der Waals surface area contributed by atoms with Gasteiger partial charge in [0.2, 0.25) is 0 Å². The van der Waals surface area contributed by atoms with E-state index in [9.17, 15) is 8.78 Å². The van der Waals surface area contributed by atoms with Gasteiger partial charge in [-0.05, 0) is 37.8 Å². The second-order valence-corrected chi connectivity index (χ2v) is 7.01. The Morgan fingerprint density at radius 3 is 2.36 bits per heavy atom. The summed E-state index contributed by atoms with van der Waals surface area (Å²) in [7, 11) is 2.64. The molecule has 1 fully saturated rings. The molecular weight excluding hydrogens is 364 g/mol. The third-order valence-electron chi connectivity index (χ3n) is 4.94. The molecule has 1 saturated carbocycles. The molecule has 2 heterocycles. The molecule has 1 aliphatic rings. The number of hydrogen-bond donors (Lipinski definition) is 1. The zero-order valence-corrected chi connectivity index (χ0v) is 16.0. The molecule has 2 aromatic heterocycles. The summed E-state index contributed by atoms with van der Waals surface area (Å²) in [6.07, 6.45) is 4.05. The number of ether oxygens (including phenoxy) is 2. The highest BCUT2D eigenvalue weighted by atomic mass is 19.1. The van der Waals surface area contributed by atoms with E-state index in [0.29, 0.717) is 11.7 Å². The fourth-order valence-corrected chi connectivity index (χ4v) is 3.19. The minimum Gasteiger partial charge on any atom is -0.494 e. The first-order valence-electron chi connectivity index (χ1n) is 9.13. The average molecular weight is 385 g/mol. The van der Waals surface area contributed by atoms with Crippen LogP contribution in [0.25, 0.3) is 22.0 Å². The summed E-state index contributed by atoms with van der Waals surface area (Å²) >= 11 is 0. The zero-order valence-electron chi connectivity index (χ0n) is 16.0. The van der Waals surface area contributed by atoms with E-state index in [-0.39, 0.29) is 22.8 Å². The number of fused-ring (bicyclic) bond motifs is 1. The molecule has 0 spiro atoms. The van der Waals surface area contributed by atoms with Crippen LogP contribution >= 0.6 is 0 Å². The van der Waals surface area contributed by atoms with E-state index in [2.05, 4.69) is 15.3 Å². The summed E-state index contributed by atoms with van der Waals surface area (Å²) in [6.45, 7) is 2.67. The van der Waals surface area contributed by atoms with Gasteiger partial charge in [0.05, 0.1) is 25.5 Å². The van der Waals surface area contributed by atoms with Gasteiger partial charge in [0.15, 0.2) is 23.1 Å². The number of anilines is 1. The van der Waals surface area contributed by atoms with Crippen molar-refractivity contribution in [3.8, 4) is 22.8 Å². The molecule has 3 aromatic rings. The van der Waals surface area contributed by atoms with Crippen molar-refractivity contribution in [2.45, 2.75) is 19.8 Å². The fourth-order valence-electron chi connectivity index (χ4n) is 3.19. The van der Waals surface area contributed by atoms with E-state index in [1.807, 2.05) is 13.0 Å². The summed E-state index contributed by atoms with van der Waals surface area (Å²) < 4.78 is 40.0. The summed E-state index contributed by atoms with van der Waals surface area (Å²) in [5.41, 5.74) is 0.716. The van der Waals surface area contributed by atoms with E-state index in [4.69, 9.17) is 9.47 Å². The Hall–Kier alpha value is -2.96. The molecule has 0 atom stereocenters. The average Bonchev–Trinajstić information content (AvgIpc) is 3.51. The van der Waals surface area contributed by atoms with Crippen LogP contribution in [0.3, 0.4) is 0 Å². The first-order chi connectivity index (χ1) is 13.5. The quantitative estimate of drug-likeness (QED) is 0.665. The van der Waals surface area contributed by atoms with Crippen LogP contribution in [0.5, 0.6) is 11.5 Å². The number of pyridine rings is 2. The Morgan fingerprint density at radius 2 is 1.75 bits per heavy atom. The van der Waals surface area contributed by atoms with Gasteiger partial charge in [0.1, 0.15) is 5.82 Å². The monoisotopic (exact) mass is 385 g/mol. The van der Waals surface area contributed by atoms with Crippen molar-refractivity contribution in [3.05, 3.63) is 41.7 Å². The topological polar surface area (TPSA) is 56.3 Å². The molecule has 0 saturated heterocycles. The molecule has 28 heavy (non-hydrogen) atoms. The Kier molecular flexibility index (Phi) is 4.75. The lowest BCUT2D eigenvalue weighted by Crippen LogP contribution is -2.07. The van der Waals surface area contributed by atoms with Crippen LogP contribution in [0.15, 0.2) is 24.4 Å². The number of nitrogens with one attached hydrogen (secondary N) is 1. The van der Waals surface area contributed by atoms with Crippen molar-refractivity contribution < 1.29 is 18.3 Å². The molecule has 0 amide bonds. The molecule has 146 valence electrons. The zero-order chi connectivity index (χ0) is 19.8. The number of rotatable bonds is 6. The van der Waals surface area contributed by atoms with Crippen molar-refractivity contribution >= 4 is 16.6 Å². The number of aryl methyl sites for hydroxylation is 1. The van der Waals surface area contributed by atoms with Gasteiger partial charge in [-0.25, -0.2) is 13.8 Å². The van der Waals surface area contributed by atoms with Gasteiger partial charge < -0.3 is 14.8 Å². The second-order valence-electron chi connectivity index (χ2n) is 7.01. The highest BCUT2D eigenvalue weighted by molar-refractivity contribution is 5.94. The summed E-state index contributed by atoms with van der Waals surface area (Å²) in [5, 5.41) is 4.95. The lowest BCUT2D eigenvalue weighted by Gasteiger charge is -2.15. The molecule has 7 heteroatoms. The molecule has 1 aromatic carbocycles. The lowest BCUT2D eigenvalue weighted by molar-refractivity contribution is 0.359. The molecule has 0 unspecified atom stereocenters. The first kappa shape index (κ1) is 18.4. The van der Waals surface area contributed by atoms with Crippen molar-refractivity contribution in [2.75, 3.05) is 26.1 Å². The maximum absolute atomic E-state index is 15.0. The maximum atomic E-state index is 15.0. The van der Waals surface area contributed by atoms with Crippen molar-refractivity contribution in [3.63, 3.8) is 0 Å². The van der Waals surface area contributed by atoms with Crippen LogP contribution in [-0.4, -0.2) is 30.7 Å². The van der Waals surface area contributed by atoms with Gasteiger partial charge in [0, 0.05) is 35.3 Å². The number of nitrogens with zero attached hydrogens (tertiary/aromatic N) is 2. The van der Waals surface area contributed by atoms with Crippen LogP contribution < -0.4 is 14.8 Å². The Balaban J connectivity index is 1.92. The third kappa shape index (κ3) is 3.32.